The molecule has 0 unspecified atom stereocenters. The summed E-state index contributed by atoms with van der Waals surface area (Å²) in [4.78, 5) is -1.26. The molecule has 0 heterocycles. The van der Waals surface area contributed by atoms with E-state index in [-0.39, 0.29) is 6.07 Å². The maximum Gasteiger partial charge on any atom is 0.417 e. The van der Waals surface area contributed by atoms with Crippen LogP contribution >= 0.6 is 8.69 Å². The van der Waals surface area contributed by atoms with Crippen LogP contribution in [0, 0.1) is 5.82 Å². The third kappa shape index (κ3) is 4.20. The molecule has 0 aliphatic rings. The molecule has 1 aromatic rings. The zero-order valence-corrected chi connectivity index (χ0v) is 10.6. The van der Waals surface area contributed by atoms with Crippen LogP contribution in [-0.4, -0.2) is 15.2 Å². The fourth-order valence-electron chi connectivity index (χ4n) is 1.11. The Labute approximate surface area is 106 Å². The molecule has 0 aliphatic heterocycles. The topological polar surface area (TPSA) is 69.7 Å². The molecule has 106 valence electrons. The molecule has 1 rings (SSSR count). The van der Waals surface area contributed by atoms with Gasteiger partial charge in [-0.25, -0.2) is 13.1 Å². The lowest BCUT2D eigenvalue weighted by atomic mass is 10.2. The molecule has 0 N–H and O–H groups in total. The molecule has 0 bridgehead atoms. The molecule has 0 radical (unpaired) electrons. The van der Waals surface area contributed by atoms with Gasteiger partial charge < -0.3 is 0 Å². The number of rotatable bonds is 5. The van der Waals surface area contributed by atoms with Crippen LogP contribution < -0.4 is 0 Å². The van der Waals surface area contributed by atoms with Crippen molar-refractivity contribution in [3.63, 3.8) is 0 Å². The first-order valence-corrected chi connectivity index (χ1v) is 6.53. The number of benzene rings is 1. The van der Waals surface area contributed by atoms with Crippen LogP contribution in [0.2, 0.25) is 0 Å². The Hall–Kier alpha value is -1.09. The molecule has 0 spiro atoms. The molecular weight excluding hydrogens is 315 g/mol. The predicted octanol–water partition coefficient (Wildman–Crippen LogP) is 2.73. The van der Waals surface area contributed by atoms with E-state index in [0.29, 0.717) is 12.1 Å². The lowest BCUT2D eigenvalue weighted by molar-refractivity contribution is -0.140. The maximum absolute atomic E-state index is 12.8. The number of halogens is 4. The molecule has 0 amide bonds. The average molecular weight is 320 g/mol. The SMILES string of the molecule is O=POCOS(=O)(=O)c1ccc(F)cc1C(F)(F)F. The molecular formula is C8H5F4O5PS. The Kier molecular flexibility index (Phi) is 4.97. The average Bonchev–Trinajstić information content (AvgIpc) is 2.27. The van der Waals surface area contributed by atoms with Gasteiger partial charge in [-0.2, -0.15) is 21.6 Å². The first kappa shape index (κ1) is 16.0. The Morgan fingerprint density at radius 3 is 2.42 bits per heavy atom. The highest BCUT2D eigenvalue weighted by Crippen LogP contribution is 2.35. The standard InChI is InChI=1S/C8H5F4O5PS/c9-5-1-2-7(6(3-5)8(10,11)12)19(14,15)17-4-16-18-13/h1-3H,4H2. The van der Waals surface area contributed by atoms with Gasteiger partial charge in [-0.15, -0.1) is 0 Å². The van der Waals surface area contributed by atoms with Gasteiger partial charge in [0.25, 0.3) is 10.1 Å². The van der Waals surface area contributed by atoms with Gasteiger partial charge in [0.1, 0.15) is 10.7 Å². The summed E-state index contributed by atoms with van der Waals surface area (Å²) < 4.78 is 91.3. The van der Waals surface area contributed by atoms with Gasteiger partial charge in [0, 0.05) is 0 Å². The van der Waals surface area contributed by atoms with Crippen molar-refractivity contribution in [3.8, 4) is 0 Å². The molecule has 0 atom stereocenters. The second-order valence-corrected chi connectivity index (χ2v) is 5.02. The molecule has 0 aromatic heterocycles. The Morgan fingerprint density at radius 1 is 1.26 bits per heavy atom. The number of hydrogen-bond donors (Lipinski definition) is 0. The fraction of sp³-hybridized carbons (Fsp3) is 0.250. The van der Waals surface area contributed by atoms with Crippen molar-refractivity contribution in [2.75, 3.05) is 6.79 Å². The van der Waals surface area contributed by atoms with Crippen LogP contribution in [0.1, 0.15) is 5.56 Å². The first-order valence-electron chi connectivity index (χ1n) is 4.39. The van der Waals surface area contributed by atoms with E-state index in [1.54, 1.807) is 0 Å². The van der Waals surface area contributed by atoms with E-state index in [0.717, 1.165) is 0 Å². The van der Waals surface area contributed by atoms with E-state index in [2.05, 4.69) is 8.71 Å². The van der Waals surface area contributed by atoms with Crippen LogP contribution in [0.4, 0.5) is 17.6 Å². The monoisotopic (exact) mass is 320 g/mol. The number of alkyl halides is 3. The van der Waals surface area contributed by atoms with Gasteiger partial charge >= 0.3 is 14.9 Å². The predicted molar refractivity (Wildman–Crippen MR) is 53.2 cm³/mol. The molecule has 19 heavy (non-hydrogen) atoms. The summed E-state index contributed by atoms with van der Waals surface area (Å²) in [5, 5.41) is 0. The largest absolute Gasteiger partial charge is 0.417 e. The van der Waals surface area contributed by atoms with Crippen molar-refractivity contribution in [1.29, 1.82) is 0 Å². The summed E-state index contributed by atoms with van der Waals surface area (Å²) in [6.45, 7) is -1.04. The van der Waals surface area contributed by atoms with Gasteiger partial charge in [-0.3, -0.25) is 4.52 Å². The van der Waals surface area contributed by atoms with Crippen LogP contribution in [0.15, 0.2) is 23.1 Å². The lowest BCUT2D eigenvalue weighted by Crippen LogP contribution is -2.16. The van der Waals surface area contributed by atoms with Crippen LogP contribution in [-0.2, 0) is 29.6 Å². The Balaban J connectivity index is 3.23. The zero-order chi connectivity index (χ0) is 14.7. The summed E-state index contributed by atoms with van der Waals surface area (Å²) in [6, 6.07) is 0.990. The third-order valence-corrected chi connectivity index (χ3v) is 3.34. The normalized spacial score (nSPS) is 12.8. The lowest BCUT2D eigenvalue weighted by Gasteiger charge is -2.12. The third-order valence-electron chi connectivity index (χ3n) is 1.83. The molecule has 5 nitrogen and oxygen atoms in total. The van der Waals surface area contributed by atoms with E-state index < -0.39 is 48.1 Å². The fourth-order valence-corrected chi connectivity index (χ4v) is 2.26. The van der Waals surface area contributed by atoms with Crippen molar-refractivity contribution < 1.29 is 39.3 Å². The second kappa shape index (κ2) is 5.91. The minimum absolute atomic E-state index is 0.0307. The first-order chi connectivity index (χ1) is 8.68. The Morgan fingerprint density at radius 2 is 1.89 bits per heavy atom. The molecule has 0 saturated carbocycles. The highest BCUT2D eigenvalue weighted by atomic mass is 32.2. The number of hydrogen-bond acceptors (Lipinski definition) is 5. The van der Waals surface area contributed by atoms with Crippen LogP contribution in [0.25, 0.3) is 0 Å². The summed E-state index contributed by atoms with van der Waals surface area (Å²) >= 11 is 0. The van der Waals surface area contributed by atoms with Gasteiger partial charge in [0.15, 0.2) is 6.79 Å². The van der Waals surface area contributed by atoms with E-state index in [1.807, 2.05) is 0 Å². The van der Waals surface area contributed by atoms with E-state index in [1.165, 1.54) is 0 Å². The molecule has 11 heteroatoms. The van der Waals surface area contributed by atoms with Crippen molar-refractivity contribution in [1.82, 2.24) is 0 Å². The minimum atomic E-state index is -5.08. The van der Waals surface area contributed by atoms with Gasteiger partial charge in [-0.05, 0) is 18.2 Å². The Bertz CT molecular complexity index is 571. The molecule has 0 saturated heterocycles. The van der Waals surface area contributed by atoms with E-state index >= 15 is 0 Å². The highest BCUT2D eigenvalue weighted by molar-refractivity contribution is 7.86. The smallest absolute Gasteiger partial charge is 0.265 e. The van der Waals surface area contributed by atoms with Crippen LogP contribution in [0.3, 0.4) is 0 Å². The van der Waals surface area contributed by atoms with E-state index in [9.17, 15) is 30.5 Å². The van der Waals surface area contributed by atoms with Crippen molar-refractivity contribution in [2.24, 2.45) is 0 Å². The second-order valence-electron chi connectivity index (χ2n) is 3.03. The summed E-state index contributed by atoms with van der Waals surface area (Å²) in [5.41, 5.74) is -1.70. The van der Waals surface area contributed by atoms with Gasteiger partial charge in [0.05, 0.1) is 5.56 Å². The maximum atomic E-state index is 12.8. The van der Waals surface area contributed by atoms with Gasteiger partial charge in [0.2, 0.25) is 0 Å². The summed E-state index contributed by atoms with van der Waals surface area (Å²) in [5.74, 6) is -1.25. The van der Waals surface area contributed by atoms with Crippen molar-refractivity contribution >= 4 is 18.8 Å². The molecule has 1 aromatic carbocycles. The molecule has 0 aliphatic carbocycles. The van der Waals surface area contributed by atoms with Crippen molar-refractivity contribution in [2.45, 2.75) is 11.1 Å². The van der Waals surface area contributed by atoms with E-state index in [4.69, 9.17) is 0 Å². The summed E-state index contributed by atoms with van der Waals surface area (Å²) in [6.07, 6.45) is -5.08. The van der Waals surface area contributed by atoms with Crippen molar-refractivity contribution in [3.05, 3.63) is 29.6 Å². The minimum Gasteiger partial charge on any atom is -0.265 e. The molecule has 0 fully saturated rings. The summed E-state index contributed by atoms with van der Waals surface area (Å²) in [7, 11) is -5.72. The van der Waals surface area contributed by atoms with Crippen LogP contribution in [0.5, 0.6) is 0 Å². The van der Waals surface area contributed by atoms with Gasteiger partial charge in [-0.1, -0.05) is 0 Å². The highest BCUT2D eigenvalue weighted by Gasteiger charge is 2.38. The zero-order valence-electron chi connectivity index (χ0n) is 8.85. The quantitative estimate of drug-likeness (QED) is 0.274.